The molecule has 0 aliphatic carbocycles. The van der Waals surface area contributed by atoms with E-state index in [1.807, 2.05) is 13.8 Å². The number of hydrogen-bond acceptors (Lipinski definition) is 2. The van der Waals surface area contributed by atoms with E-state index in [1.165, 1.54) is 12.1 Å². The first-order valence-electron chi connectivity index (χ1n) is 6.29. The lowest BCUT2D eigenvalue weighted by Gasteiger charge is -2.26. The summed E-state index contributed by atoms with van der Waals surface area (Å²) >= 11 is 0. The van der Waals surface area contributed by atoms with Crippen molar-refractivity contribution in [3.8, 4) is 0 Å². The largest absolute Gasteiger partial charge is 0.416 e. The highest BCUT2D eigenvalue weighted by molar-refractivity contribution is 5.29. The Balaban J connectivity index is 2.69. The number of aliphatic hydroxyl groups excluding tert-OH is 1. The molecule has 0 saturated carbocycles. The van der Waals surface area contributed by atoms with Crippen LogP contribution in [0.3, 0.4) is 0 Å². The fourth-order valence-corrected chi connectivity index (χ4v) is 1.74. The van der Waals surface area contributed by atoms with Crippen molar-refractivity contribution in [2.24, 2.45) is 5.41 Å². The van der Waals surface area contributed by atoms with Gasteiger partial charge in [-0.1, -0.05) is 32.0 Å². The van der Waals surface area contributed by atoms with Crippen molar-refractivity contribution < 1.29 is 18.3 Å². The Hall–Kier alpha value is -1.07. The molecule has 19 heavy (non-hydrogen) atoms. The highest BCUT2D eigenvalue weighted by atomic mass is 19.4. The van der Waals surface area contributed by atoms with Crippen LogP contribution in [0.5, 0.6) is 0 Å². The molecule has 1 rings (SSSR count). The number of hydrogen-bond donors (Lipinski definition) is 2. The predicted octanol–water partition coefficient (Wildman–Crippen LogP) is 3.20. The average Bonchev–Trinajstić information content (AvgIpc) is 2.38. The van der Waals surface area contributed by atoms with Crippen molar-refractivity contribution >= 4 is 0 Å². The minimum absolute atomic E-state index is 0.0113. The molecule has 1 atom stereocenters. The van der Waals surface area contributed by atoms with Crippen molar-refractivity contribution in [3.63, 3.8) is 0 Å². The first kappa shape index (κ1) is 16.0. The lowest BCUT2D eigenvalue weighted by atomic mass is 9.88. The van der Waals surface area contributed by atoms with Crippen LogP contribution in [0, 0.1) is 5.41 Å². The molecular formula is C14H20F3NO. The van der Waals surface area contributed by atoms with Gasteiger partial charge in [-0.15, -0.1) is 0 Å². The summed E-state index contributed by atoms with van der Waals surface area (Å²) in [5.74, 6) is 0. The number of alkyl halides is 3. The summed E-state index contributed by atoms with van der Waals surface area (Å²) in [7, 11) is 0. The Morgan fingerprint density at radius 1 is 1.21 bits per heavy atom. The third kappa shape index (κ3) is 4.51. The molecule has 5 heteroatoms. The van der Waals surface area contributed by atoms with Gasteiger partial charge in [-0.3, -0.25) is 0 Å². The maximum absolute atomic E-state index is 12.8. The molecule has 1 aromatic carbocycles. The Morgan fingerprint density at radius 3 is 2.37 bits per heavy atom. The van der Waals surface area contributed by atoms with Crippen molar-refractivity contribution in [1.82, 2.24) is 5.32 Å². The number of halogens is 3. The van der Waals surface area contributed by atoms with Gasteiger partial charge in [0.2, 0.25) is 0 Å². The van der Waals surface area contributed by atoms with Gasteiger partial charge in [0.1, 0.15) is 0 Å². The molecule has 0 aliphatic heterocycles. The molecule has 108 valence electrons. The molecule has 0 heterocycles. The quantitative estimate of drug-likeness (QED) is 0.835. The summed E-state index contributed by atoms with van der Waals surface area (Å²) in [6.45, 7) is 4.48. The highest BCUT2D eigenvalue weighted by Gasteiger charge is 2.32. The second-order valence-electron chi connectivity index (χ2n) is 5.08. The Labute approximate surface area is 111 Å². The summed E-state index contributed by atoms with van der Waals surface area (Å²) in [4.78, 5) is 0. The van der Waals surface area contributed by atoms with Crippen molar-refractivity contribution in [2.45, 2.75) is 33.0 Å². The van der Waals surface area contributed by atoms with Gasteiger partial charge in [-0.2, -0.15) is 13.2 Å². The summed E-state index contributed by atoms with van der Waals surface area (Å²) < 4.78 is 38.3. The lowest BCUT2D eigenvalue weighted by Crippen LogP contribution is -2.34. The Kier molecular flexibility index (Phi) is 5.38. The van der Waals surface area contributed by atoms with Crippen LogP contribution in [0.4, 0.5) is 13.2 Å². The van der Waals surface area contributed by atoms with Gasteiger partial charge < -0.3 is 10.4 Å². The second-order valence-corrected chi connectivity index (χ2v) is 5.08. The summed E-state index contributed by atoms with van der Waals surface area (Å²) in [6.07, 6.45) is -3.57. The molecule has 0 amide bonds. The van der Waals surface area contributed by atoms with Crippen LogP contribution in [0.15, 0.2) is 24.3 Å². The van der Waals surface area contributed by atoms with Gasteiger partial charge in [-0.05, 0) is 18.1 Å². The summed E-state index contributed by atoms with van der Waals surface area (Å²) in [6, 6.07) is 5.54. The van der Waals surface area contributed by atoms with Crippen LogP contribution in [-0.4, -0.2) is 18.3 Å². The molecule has 0 radical (unpaired) electrons. The van der Waals surface area contributed by atoms with E-state index in [0.717, 1.165) is 12.5 Å². The van der Waals surface area contributed by atoms with Crippen molar-refractivity contribution in [2.75, 3.05) is 13.2 Å². The summed E-state index contributed by atoms with van der Waals surface area (Å²) in [5, 5.41) is 12.2. The standard InChI is InChI=1S/C14H20F3NO/c1-3-13(2,10-19)9-18-8-11-6-4-5-7-12(11)14(15,16)17/h4-7,18-19H,3,8-10H2,1-2H3. The van der Waals surface area contributed by atoms with E-state index in [1.54, 1.807) is 6.07 Å². The molecule has 0 aliphatic rings. The first-order chi connectivity index (χ1) is 8.82. The average molecular weight is 275 g/mol. The van der Waals surface area contributed by atoms with Gasteiger partial charge in [0.05, 0.1) is 5.56 Å². The maximum atomic E-state index is 12.8. The van der Waals surface area contributed by atoms with E-state index in [-0.39, 0.29) is 24.1 Å². The SMILES string of the molecule is CCC(C)(CO)CNCc1ccccc1C(F)(F)F. The number of aliphatic hydroxyl groups is 1. The van der Waals surface area contributed by atoms with Crippen LogP contribution >= 0.6 is 0 Å². The van der Waals surface area contributed by atoms with Crippen LogP contribution in [-0.2, 0) is 12.7 Å². The molecule has 1 unspecified atom stereocenters. The highest BCUT2D eigenvalue weighted by Crippen LogP contribution is 2.31. The van der Waals surface area contributed by atoms with Crippen LogP contribution in [0.1, 0.15) is 31.4 Å². The fourth-order valence-electron chi connectivity index (χ4n) is 1.74. The maximum Gasteiger partial charge on any atom is 0.416 e. The zero-order valence-corrected chi connectivity index (χ0v) is 11.2. The molecule has 1 aromatic rings. The van der Waals surface area contributed by atoms with Gasteiger partial charge >= 0.3 is 6.18 Å². The van der Waals surface area contributed by atoms with Gasteiger partial charge in [0, 0.05) is 25.1 Å². The number of nitrogens with one attached hydrogen (secondary N) is 1. The minimum Gasteiger partial charge on any atom is -0.396 e. The first-order valence-corrected chi connectivity index (χ1v) is 6.29. The zero-order chi connectivity index (χ0) is 14.5. The van der Waals surface area contributed by atoms with Gasteiger partial charge in [0.25, 0.3) is 0 Å². The molecule has 0 spiro atoms. The van der Waals surface area contributed by atoms with Crippen LogP contribution in [0.2, 0.25) is 0 Å². The van der Waals surface area contributed by atoms with E-state index in [2.05, 4.69) is 5.32 Å². The molecule has 0 fully saturated rings. The third-order valence-electron chi connectivity index (χ3n) is 3.43. The molecular weight excluding hydrogens is 255 g/mol. The molecule has 0 aromatic heterocycles. The van der Waals surface area contributed by atoms with Crippen LogP contribution in [0.25, 0.3) is 0 Å². The van der Waals surface area contributed by atoms with Crippen LogP contribution < -0.4 is 5.32 Å². The molecule has 0 bridgehead atoms. The summed E-state index contributed by atoms with van der Waals surface area (Å²) in [5.41, 5.74) is -0.677. The van der Waals surface area contributed by atoms with Gasteiger partial charge in [0.15, 0.2) is 0 Å². The minimum atomic E-state index is -4.33. The molecule has 2 N–H and O–H groups in total. The Morgan fingerprint density at radius 2 is 1.84 bits per heavy atom. The Bertz CT molecular complexity index is 400. The molecule has 2 nitrogen and oxygen atoms in total. The normalized spacial score (nSPS) is 15.3. The monoisotopic (exact) mass is 275 g/mol. The van der Waals surface area contributed by atoms with E-state index in [9.17, 15) is 18.3 Å². The second kappa shape index (κ2) is 6.39. The van der Waals surface area contributed by atoms with Gasteiger partial charge in [-0.25, -0.2) is 0 Å². The predicted molar refractivity (Wildman–Crippen MR) is 68.6 cm³/mol. The number of benzene rings is 1. The smallest absolute Gasteiger partial charge is 0.396 e. The van der Waals surface area contributed by atoms with Crippen molar-refractivity contribution in [1.29, 1.82) is 0 Å². The lowest BCUT2D eigenvalue weighted by molar-refractivity contribution is -0.138. The van der Waals surface area contributed by atoms with Crippen molar-refractivity contribution in [3.05, 3.63) is 35.4 Å². The van der Waals surface area contributed by atoms with E-state index < -0.39 is 11.7 Å². The number of rotatable bonds is 6. The third-order valence-corrected chi connectivity index (χ3v) is 3.43. The fraction of sp³-hybridized carbons (Fsp3) is 0.571. The molecule has 0 saturated heterocycles. The topological polar surface area (TPSA) is 32.3 Å². The van der Waals surface area contributed by atoms with E-state index >= 15 is 0 Å². The van der Waals surface area contributed by atoms with E-state index in [0.29, 0.717) is 6.54 Å². The zero-order valence-electron chi connectivity index (χ0n) is 11.2. The van der Waals surface area contributed by atoms with E-state index in [4.69, 9.17) is 0 Å².